The minimum absolute atomic E-state index is 0.263. The number of aliphatic hydroxyl groups is 1. The molecule has 1 aliphatic heterocycles. The fourth-order valence-electron chi connectivity index (χ4n) is 3.94. The smallest absolute Gasteiger partial charge is 0.252 e. The summed E-state index contributed by atoms with van der Waals surface area (Å²) < 4.78 is 10.5. The Morgan fingerprint density at radius 2 is 2.06 bits per heavy atom. The van der Waals surface area contributed by atoms with Gasteiger partial charge in [-0.2, -0.15) is 0 Å². The number of nitrogens with one attached hydrogen (secondary N) is 1. The number of aromatic nitrogens is 2. The Labute approximate surface area is 192 Å². The number of fused-ring (bicyclic) bond motifs is 2. The van der Waals surface area contributed by atoms with Gasteiger partial charge in [-0.1, -0.05) is 18.2 Å². The summed E-state index contributed by atoms with van der Waals surface area (Å²) in [6, 6.07) is 15.7. The number of H-pyrrole nitrogens is 1. The first-order valence-electron chi connectivity index (χ1n) is 10.9. The number of pyridine rings is 1. The van der Waals surface area contributed by atoms with Crippen LogP contribution in [0, 0.1) is 0 Å². The summed E-state index contributed by atoms with van der Waals surface area (Å²) in [7, 11) is 1.57. The van der Waals surface area contributed by atoms with Crippen LogP contribution in [0.15, 0.2) is 60.9 Å². The van der Waals surface area contributed by atoms with Gasteiger partial charge in [-0.15, -0.1) is 0 Å². The fourth-order valence-corrected chi connectivity index (χ4v) is 3.94. The Hall–Kier alpha value is -3.84. The van der Waals surface area contributed by atoms with E-state index in [4.69, 9.17) is 20.3 Å². The van der Waals surface area contributed by atoms with Crippen molar-refractivity contribution in [3.05, 3.63) is 77.6 Å². The van der Waals surface area contributed by atoms with Crippen molar-refractivity contribution < 1.29 is 19.4 Å². The van der Waals surface area contributed by atoms with Crippen LogP contribution in [0.25, 0.3) is 22.0 Å². The highest BCUT2D eigenvalue weighted by Crippen LogP contribution is 2.34. The van der Waals surface area contributed by atoms with Gasteiger partial charge in [0, 0.05) is 48.0 Å². The molecular formula is C26H27N3O4. The SMILES string of the molecule is COc1ccc(-c2cc3c(c(C(N)=O)c2)OCC3)cn1.OCCCc1c[nH]c2ccccc12. The van der Waals surface area contributed by atoms with Crippen molar-refractivity contribution in [3.8, 4) is 22.8 Å². The number of primary amides is 1. The van der Waals surface area contributed by atoms with Crippen LogP contribution in [0.4, 0.5) is 0 Å². The molecule has 7 heteroatoms. The number of aryl methyl sites for hydroxylation is 1. The van der Waals surface area contributed by atoms with Crippen LogP contribution in [-0.2, 0) is 12.8 Å². The van der Waals surface area contributed by atoms with E-state index in [-0.39, 0.29) is 6.61 Å². The zero-order valence-electron chi connectivity index (χ0n) is 18.5. The fraction of sp³-hybridized carbons (Fsp3) is 0.231. The first kappa shape index (κ1) is 22.4. The lowest BCUT2D eigenvalue weighted by Gasteiger charge is -2.09. The number of nitrogens with zero attached hydrogens (tertiary/aromatic N) is 1. The van der Waals surface area contributed by atoms with E-state index in [1.54, 1.807) is 25.4 Å². The number of amides is 1. The molecule has 2 aromatic carbocycles. The third-order valence-electron chi connectivity index (χ3n) is 5.61. The molecule has 3 heterocycles. The third kappa shape index (κ3) is 4.99. The summed E-state index contributed by atoms with van der Waals surface area (Å²) in [5, 5.41) is 10.0. The number of aromatic amines is 1. The first-order valence-corrected chi connectivity index (χ1v) is 10.9. The number of rotatable bonds is 6. The van der Waals surface area contributed by atoms with E-state index in [0.29, 0.717) is 23.8 Å². The zero-order valence-corrected chi connectivity index (χ0v) is 18.5. The average Bonchev–Trinajstić information content (AvgIpc) is 3.49. The molecule has 1 aliphatic rings. The molecule has 2 aromatic heterocycles. The van der Waals surface area contributed by atoms with Crippen LogP contribution in [0.5, 0.6) is 11.6 Å². The van der Waals surface area contributed by atoms with Crippen LogP contribution < -0.4 is 15.2 Å². The molecule has 1 amide bonds. The van der Waals surface area contributed by atoms with E-state index in [1.165, 1.54) is 16.5 Å². The molecule has 0 bridgehead atoms. The summed E-state index contributed by atoms with van der Waals surface area (Å²) in [6.45, 7) is 0.847. The molecule has 0 atom stereocenters. The average molecular weight is 446 g/mol. The van der Waals surface area contributed by atoms with Crippen molar-refractivity contribution >= 4 is 16.8 Å². The van der Waals surface area contributed by atoms with Crippen molar-refractivity contribution in [3.63, 3.8) is 0 Å². The molecule has 4 aromatic rings. The molecule has 0 fully saturated rings. The molecule has 7 nitrogen and oxygen atoms in total. The van der Waals surface area contributed by atoms with Gasteiger partial charge in [-0.3, -0.25) is 4.79 Å². The second-order valence-electron chi connectivity index (χ2n) is 7.75. The Balaban J connectivity index is 0.000000172. The summed E-state index contributed by atoms with van der Waals surface area (Å²) in [5.74, 6) is 0.683. The van der Waals surface area contributed by atoms with Gasteiger partial charge in [0.25, 0.3) is 5.91 Å². The Bertz CT molecular complexity index is 1250. The maximum atomic E-state index is 11.6. The van der Waals surface area contributed by atoms with Gasteiger partial charge in [-0.05, 0) is 53.8 Å². The van der Waals surface area contributed by atoms with Crippen molar-refractivity contribution in [1.82, 2.24) is 9.97 Å². The molecule has 0 unspecified atom stereocenters. The van der Waals surface area contributed by atoms with Gasteiger partial charge in [0.2, 0.25) is 5.88 Å². The number of carbonyl (C=O) groups excluding carboxylic acids is 1. The number of ether oxygens (including phenoxy) is 2. The number of nitrogens with two attached hydrogens (primary N) is 1. The lowest BCUT2D eigenvalue weighted by atomic mass is 9.99. The van der Waals surface area contributed by atoms with Crippen LogP contribution in [-0.4, -0.2) is 41.3 Å². The Morgan fingerprint density at radius 1 is 1.21 bits per heavy atom. The minimum atomic E-state index is -0.480. The molecule has 0 saturated carbocycles. The monoisotopic (exact) mass is 445 g/mol. The lowest BCUT2D eigenvalue weighted by Crippen LogP contribution is -2.12. The second-order valence-corrected chi connectivity index (χ2v) is 7.75. The molecule has 4 N–H and O–H groups in total. The van der Waals surface area contributed by atoms with Crippen molar-refractivity contribution in [2.45, 2.75) is 19.3 Å². The maximum Gasteiger partial charge on any atom is 0.252 e. The highest BCUT2D eigenvalue weighted by Gasteiger charge is 2.21. The standard InChI is InChI=1S/C15H14N2O3.C11H13NO/c1-19-13-3-2-10(8-17-13)11-6-9-4-5-20-14(9)12(7-11)15(16)18;13-7-3-4-9-8-12-11-6-2-1-5-10(9)11/h2-3,6-8H,4-5H2,1H3,(H2,16,18);1-2,5-6,8,12-13H,3-4,7H2. The molecule has 170 valence electrons. The van der Waals surface area contributed by atoms with Crippen molar-refractivity contribution in [2.24, 2.45) is 5.73 Å². The number of methoxy groups -OCH3 is 1. The van der Waals surface area contributed by atoms with Gasteiger partial charge < -0.3 is 25.3 Å². The largest absolute Gasteiger partial charge is 0.492 e. The van der Waals surface area contributed by atoms with E-state index >= 15 is 0 Å². The molecule has 0 radical (unpaired) electrons. The maximum absolute atomic E-state index is 11.6. The van der Waals surface area contributed by atoms with Crippen LogP contribution in [0.1, 0.15) is 27.9 Å². The normalized spacial score (nSPS) is 11.9. The van der Waals surface area contributed by atoms with Gasteiger partial charge in [0.15, 0.2) is 0 Å². The Kier molecular flexibility index (Phi) is 6.90. The molecule has 0 aliphatic carbocycles. The van der Waals surface area contributed by atoms with Gasteiger partial charge >= 0.3 is 0 Å². The predicted octanol–water partition coefficient (Wildman–Crippen LogP) is 3.88. The number of benzene rings is 2. The van der Waals surface area contributed by atoms with Crippen LogP contribution >= 0.6 is 0 Å². The first-order chi connectivity index (χ1) is 16.1. The summed E-state index contributed by atoms with van der Waals surface area (Å²) in [5.41, 5.74) is 11.1. The molecular weight excluding hydrogens is 418 g/mol. The number of hydrogen-bond acceptors (Lipinski definition) is 5. The molecule has 0 spiro atoms. The highest BCUT2D eigenvalue weighted by atomic mass is 16.5. The van der Waals surface area contributed by atoms with E-state index in [0.717, 1.165) is 36.0 Å². The lowest BCUT2D eigenvalue weighted by molar-refractivity contribution is 0.0997. The molecule has 5 rings (SSSR count). The quantitative estimate of drug-likeness (QED) is 0.417. The predicted molar refractivity (Wildman–Crippen MR) is 128 cm³/mol. The number of carbonyl (C=O) groups is 1. The number of aliphatic hydroxyl groups excluding tert-OH is 1. The van der Waals surface area contributed by atoms with E-state index in [9.17, 15) is 4.79 Å². The topological polar surface area (TPSA) is 110 Å². The number of hydrogen-bond donors (Lipinski definition) is 3. The minimum Gasteiger partial charge on any atom is -0.492 e. The van der Waals surface area contributed by atoms with Gasteiger partial charge in [0.1, 0.15) is 5.75 Å². The number of para-hydroxylation sites is 1. The summed E-state index contributed by atoms with van der Waals surface area (Å²) in [6.07, 6.45) is 6.30. The second kappa shape index (κ2) is 10.2. The summed E-state index contributed by atoms with van der Waals surface area (Å²) in [4.78, 5) is 18.9. The van der Waals surface area contributed by atoms with E-state index in [2.05, 4.69) is 22.1 Å². The van der Waals surface area contributed by atoms with Gasteiger partial charge in [0.05, 0.1) is 19.3 Å². The van der Waals surface area contributed by atoms with Crippen LogP contribution in [0.2, 0.25) is 0 Å². The third-order valence-corrected chi connectivity index (χ3v) is 5.61. The zero-order chi connectivity index (χ0) is 23.2. The highest BCUT2D eigenvalue weighted by molar-refractivity contribution is 5.97. The van der Waals surface area contributed by atoms with Crippen molar-refractivity contribution in [1.29, 1.82) is 0 Å². The van der Waals surface area contributed by atoms with Crippen molar-refractivity contribution in [2.75, 3.05) is 20.3 Å². The van der Waals surface area contributed by atoms with Crippen LogP contribution in [0.3, 0.4) is 0 Å². The van der Waals surface area contributed by atoms with E-state index in [1.807, 2.05) is 30.5 Å². The molecule has 0 saturated heterocycles. The summed E-state index contributed by atoms with van der Waals surface area (Å²) >= 11 is 0. The Morgan fingerprint density at radius 3 is 2.79 bits per heavy atom. The molecule has 33 heavy (non-hydrogen) atoms. The van der Waals surface area contributed by atoms with E-state index < -0.39 is 5.91 Å². The van der Waals surface area contributed by atoms with Gasteiger partial charge in [-0.25, -0.2) is 4.98 Å².